The maximum atomic E-state index is 14.4. The van der Waals surface area contributed by atoms with E-state index in [2.05, 4.69) is 37.8 Å². The van der Waals surface area contributed by atoms with Gasteiger partial charge in [-0.3, -0.25) is 23.7 Å². The zero-order valence-corrected chi connectivity index (χ0v) is 45.3. The molecule has 0 spiro atoms. The second-order valence-electron chi connectivity index (χ2n) is 19.6. The monoisotopic (exact) mass is 1130 g/mol. The first-order chi connectivity index (χ1) is 38.1. The zero-order valence-electron chi connectivity index (χ0n) is 44.4. The number of anilines is 1. The number of fused-ring (bicyclic) bond motifs is 3. The summed E-state index contributed by atoms with van der Waals surface area (Å²) in [5.74, 6) is -3.30. The Balaban J connectivity index is 1.11. The zero-order chi connectivity index (χ0) is 58.0. The summed E-state index contributed by atoms with van der Waals surface area (Å²) in [6, 6.07) is 21.8. The SMILES string of the molecule is C=CCC(NC(=O)C(CCCN=C(N)NOP(=O)(O)OC[C@H]1O[C@@H](n2ccc(N)nc2=O)[C@H](O)[C@@H]1O)NC(=O)C(CCCCNC(=O)OC(C)(C)C)NC(=O)OCC1c2ccccc2-c2ccccc21)C(=O)OCc1ccccc1. The summed E-state index contributed by atoms with van der Waals surface area (Å²) in [5.41, 5.74) is 16.4. The molecule has 0 radical (unpaired) electrons. The summed E-state index contributed by atoms with van der Waals surface area (Å²) >= 11 is 0. The fourth-order valence-corrected chi connectivity index (χ4v) is 9.19. The largest absolute Gasteiger partial charge is 0.493 e. The third-order valence-electron chi connectivity index (χ3n) is 12.5. The minimum absolute atomic E-state index is 0.00638. The Morgan fingerprint density at radius 2 is 1.46 bits per heavy atom. The van der Waals surface area contributed by atoms with Crippen LogP contribution in [0.3, 0.4) is 0 Å². The molecule has 1 aliphatic carbocycles. The number of phosphoric acid groups is 1. The third-order valence-corrected chi connectivity index (χ3v) is 13.3. The smallest absolute Gasteiger partial charge is 0.459 e. The maximum Gasteiger partial charge on any atom is 0.493 e. The van der Waals surface area contributed by atoms with Gasteiger partial charge >= 0.3 is 31.7 Å². The normalized spacial score (nSPS) is 18.7. The quantitative estimate of drug-likeness (QED) is 0.00599. The Morgan fingerprint density at radius 1 is 0.838 bits per heavy atom. The number of rotatable bonds is 27. The molecule has 26 nitrogen and oxygen atoms in total. The van der Waals surface area contributed by atoms with Crippen molar-refractivity contribution in [3.05, 3.63) is 131 Å². The van der Waals surface area contributed by atoms with Gasteiger partial charge in [0.25, 0.3) is 0 Å². The molecule has 1 fully saturated rings. The van der Waals surface area contributed by atoms with E-state index in [1.165, 1.54) is 18.3 Å². The van der Waals surface area contributed by atoms with E-state index in [0.717, 1.165) is 26.8 Å². The summed E-state index contributed by atoms with van der Waals surface area (Å²) in [5, 5.41) is 31.7. The number of aliphatic imine (C=N–C) groups is 1. The van der Waals surface area contributed by atoms with Crippen LogP contribution in [0, 0.1) is 0 Å². The summed E-state index contributed by atoms with van der Waals surface area (Å²) in [6.45, 7) is 7.92. The topological polar surface area (TPSA) is 378 Å². The summed E-state index contributed by atoms with van der Waals surface area (Å²) in [4.78, 5) is 98.1. The van der Waals surface area contributed by atoms with Crippen molar-refractivity contribution in [1.29, 1.82) is 0 Å². The number of aliphatic hydroxyl groups excluding tert-OH is 2. The van der Waals surface area contributed by atoms with Gasteiger partial charge in [0.15, 0.2) is 6.23 Å². The van der Waals surface area contributed by atoms with Crippen LogP contribution in [0.15, 0.2) is 114 Å². The van der Waals surface area contributed by atoms with Gasteiger partial charge in [0.05, 0.1) is 6.61 Å². The van der Waals surface area contributed by atoms with Crippen LogP contribution in [0.1, 0.15) is 88.1 Å². The average molecular weight is 1130 g/mol. The van der Waals surface area contributed by atoms with E-state index < -0.39 is 104 Å². The van der Waals surface area contributed by atoms with Gasteiger partial charge in [-0.2, -0.15) is 9.61 Å². The highest BCUT2D eigenvalue weighted by Crippen LogP contribution is 2.45. The summed E-state index contributed by atoms with van der Waals surface area (Å²) < 4.78 is 45.4. The molecule has 0 saturated carbocycles. The van der Waals surface area contributed by atoms with E-state index in [-0.39, 0.29) is 63.7 Å². The highest BCUT2D eigenvalue weighted by molar-refractivity contribution is 7.47. The number of nitrogens with one attached hydrogen (secondary N) is 5. The number of aromatic nitrogens is 2. The number of aliphatic hydroxyl groups is 2. The number of alkyl carbamates (subject to hydrolysis) is 2. The van der Waals surface area contributed by atoms with Gasteiger partial charge in [-0.15, -0.1) is 6.58 Å². The molecular formula is C53H69N10O16P. The Bertz CT molecular complexity index is 2880. The van der Waals surface area contributed by atoms with Crippen LogP contribution in [-0.2, 0) is 53.7 Å². The lowest BCUT2D eigenvalue weighted by atomic mass is 9.98. The molecule has 1 saturated heterocycles. The molecule has 2 heterocycles. The van der Waals surface area contributed by atoms with Crippen LogP contribution in [0.25, 0.3) is 11.1 Å². The number of carbonyl (C=O) groups excluding carboxylic acids is 5. The Hall–Kier alpha value is -7.71. The molecule has 4 aromatic rings. The molecule has 12 N–H and O–H groups in total. The van der Waals surface area contributed by atoms with Crippen molar-refractivity contribution in [2.45, 2.75) is 120 Å². The van der Waals surface area contributed by atoms with Gasteiger partial charge in [-0.25, -0.2) is 29.2 Å². The van der Waals surface area contributed by atoms with Gasteiger partial charge in [0.2, 0.25) is 17.8 Å². The minimum atomic E-state index is -5.02. The molecule has 27 heteroatoms. The van der Waals surface area contributed by atoms with E-state index in [9.17, 15) is 48.4 Å². The maximum absolute atomic E-state index is 14.4. The van der Waals surface area contributed by atoms with Crippen molar-refractivity contribution in [2.24, 2.45) is 10.7 Å². The molecule has 8 atom stereocenters. The minimum Gasteiger partial charge on any atom is -0.459 e. The number of phosphoric ester groups is 1. The predicted octanol–water partition coefficient (Wildman–Crippen LogP) is 3.07. The first kappa shape index (κ1) is 61.5. The van der Waals surface area contributed by atoms with Crippen LogP contribution in [0.2, 0.25) is 0 Å². The van der Waals surface area contributed by atoms with E-state index in [4.69, 9.17) is 39.6 Å². The number of unbranched alkanes of at least 4 members (excludes halogenated alkanes) is 1. The van der Waals surface area contributed by atoms with Crippen LogP contribution in [0.5, 0.6) is 0 Å². The van der Waals surface area contributed by atoms with Crippen LogP contribution >= 0.6 is 7.82 Å². The van der Waals surface area contributed by atoms with Crippen molar-refractivity contribution in [1.82, 2.24) is 36.3 Å². The number of hydrogen-bond acceptors (Lipinski definition) is 18. The fraction of sp³-hybridized carbons (Fsp3) is 0.434. The lowest BCUT2D eigenvalue weighted by Gasteiger charge is -2.25. The standard InChI is InChI=1S/C53H69N10O16P/c1-5-16-40(48(68)74-29-32-17-7-6-8-18-32)59-45(66)38(24-15-27-56-49(55)62-79-80(72,73)76-31-41-43(64)44(65)47(77-41)63-28-25-42(54)61-50(63)69)58-46(67)39(23-13-14-26-57-51(70)78-53(2,3)4)60-52(71)75-30-37-35-21-11-9-19-33(35)34-20-10-12-22-36(34)37/h5-12,17-22,25,28,37-41,43-44,47,64-65H,1,13-16,23-24,26-27,29-31H2,2-4H3,(H,57,70)(H,58,67)(H,59,66)(H,60,71)(H,72,73)(H2,54,61,69)(H3,55,56,62)/t38?,39?,40?,41-,43-,44-,47-/m1/s1. The lowest BCUT2D eigenvalue weighted by molar-refractivity contribution is -0.149. The molecule has 6 rings (SSSR count). The van der Waals surface area contributed by atoms with E-state index >= 15 is 0 Å². The molecule has 4 amide bonds. The average Bonchev–Trinajstić information content (AvgIpc) is 3.92. The number of hydrogen-bond donors (Lipinski definition) is 10. The Morgan fingerprint density at radius 3 is 2.11 bits per heavy atom. The first-order valence-corrected chi connectivity index (χ1v) is 27.2. The molecular weight excluding hydrogens is 1060 g/mol. The molecule has 80 heavy (non-hydrogen) atoms. The van der Waals surface area contributed by atoms with Gasteiger partial charge < -0.3 is 66.8 Å². The predicted molar refractivity (Wildman–Crippen MR) is 290 cm³/mol. The number of benzene rings is 3. The van der Waals surface area contributed by atoms with Crippen molar-refractivity contribution in [3.8, 4) is 11.1 Å². The Kier molecular flexibility index (Phi) is 22.3. The van der Waals surface area contributed by atoms with Crippen molar-refractivity contribution in [2.75, 3.05) is 32.0 Å². The van der Waals surface area contributed by atoms with E-state index in [0.29, 0.717) is 18.4 Å². The highest BCUT2D eigenvalue weighted by atomic mass is 31.2. The molecule has 1 aromatic heterocycles. The third kappa shape index (κ3) is 18.2. The summed E-state index contributed by atoms with van der Waals surface area (Å²) in [7, 11) is -5.02. The fourth-order valence-electron chi connectivity index (χ4n) is 8.59. The van der Waals surface area contributed by atoms with E-state index in [1.807, 2.05) is 54.0 Å². The Labute approximate surface area is 461 Å². The molecule has 2 aliphatic rings. The number of carbonyl (C=O) groups is 5. The first-order valence-electron chi connectivity index (χ1n) is 25.7. The second-order valence-corrected chi connectivity index (χ2v) is 21.0. The number of nitrogens with zero attached hydrogens (tertiary/aromatic N) is 3. The molecule has 4 unspecified atom stereocenters. The van der Waals surface area contributed by atoms with Gasteiger partial charge in [0.1, 0.15) is 61.1 Å². The number of guanidine groups is 1. The van der Waals surface area contributed by atoms with E-state index in [1.54, 1.807) is 51.1 Å². The number of ether oxygens (including phenoxy) is 4. The molecule has 3 aromatic carbocycles. The number of nitrogens with two attached hydrogens (primary N) is 2. The van der Waals surface area contributed by atoms with Crippen molar-refractivity contribution < 1.29 is 71.7 Å². The van der Waals surface area contributed by atoms with Gasteiger partial charge in [0, 0.05) is 25.2 Å². The number of hydroxylamine groups is 1. The number of nitrogen functional groups attached to an aromatic ring is 1. The van der Waals surface area contributed by atoms with Crippen molar-refractivity contribution >= 4 is 49.6 Å². The summed E-state index contributed by atoms with van der Waals surface area (Å²) in [6.07, 6.45) is -4.66. The van der Waals surface area contributed by atoms with Crippen LogP contribution < -0.4 is 43.9 Å². The second kappa shape index (κ2) is 29.0. The van der Waals surface area contributed by atoms with Gasteiger partial charge in [-0.1, -0.05) is 84.9 Å². The molecule has 432 valence electrons. The van der Waals surface area contributed by atoms with Crippen molar-refractivity contribution in [3.63, 3.8) is 0 Å². The lowest BCUT2D eigenvalue weighted by Crippen LogP contribution is -2.56. The van der Waals surface area contributed by atoms with Gasteiger partial charge in [-0.05, 0) is 93.2 Å². The molecule has 1 aliphatic heterocycles. The highest BCUT2D eigenvalue weighted by Gasteiger charge is 2.45. The van der Waals surface area contributed by atoms with Crippen LogP contribution in [-0.4, -0.2) is 129 Å². The molecule has 0 bridgehead atoms. The van der Waals surface area contributed by atoms with Crippen LogP contribution in [0.4, 0.5) is 15.4 Å². The number of amides is 4. The number of esters is 1.